The van der Waals surface area contributed by atoms with E-state index in [1.807, 2.05) is 37.3 Å². The minimum atomic E-state index is -0.191. The van der Waals surface area contributed by atoms with Gasteiger partial charge in [0.1, 0.15) is 11.4 Å². The predicted molar refractivity (Wildman–Crippen MR) is 80.3 cm³/mol. The molecule has 5 nitrogen and oxygen atoms in total. The van der Waals surface area contributed by atoms with E-state index in [0.717, 1.165) is 16.8 Å². The van der Waals surface area contributed by atoms with Crippen LogP contribution in [0.1, 0.15) is 11.3 Å². The monoisotopic (exact) mass is 300 g/mol. The van der Waals surface area contributed by atoms with E-state index < -0.39 is 0 Å². The summed E-state index contributed by atoms with van der Waals surface area (Å²) < 4.78 is 1.66. The molecule has 0 aliphatic carbocycles. The van der Waals surface area contributed by atoms with Crippen LogP contribution in [0.2, 0.25) is 5.02 Å². The third-order valence-electron chi connectivity index (χ3n) is 3.22. The Bertz CT molecular complexity index is 771. The van der Waals surface area contributed by atoms with Gasteiger partial charge in [-0.05, 0) is 36.8 Å². The van der Waals surface area contributed by atoms with Crippen molar-refractivity contribution in [2.45, 2.75) is 13.5 Å². The van der Waals surface area contributed by atoms with Gasteiger partial charge < -0.3 is 5.11 Å². The van der Waals surface area contributed by atoms with Crippen LogP contribution >= 0.6 is 11.6 Å². The Morgan fingerprint density at radius 2 is 2.14 bits per heavy atom. The lowest BCUT2D eigenvalue weighted by Crippen LogP contribution is -2.01. The number of benzene rings is 1. The molecule has 0 amide bonds. The van der Waals surface area contributed by atoms with Gasteiger partial charge in [0.25, 0.3) is 0 Å². The lowest BCUT2D eigenvalue weighted by atomic mass is 10.1. The summed E-state index contributed by atoms with van der Waals surface area (Å²) in [6.07, 6.45) is 3.41. The highest BCUT2D eigenvalue weighted by atomic mass is 35.5. The van der Waals surface area contributed by atoms with Gasteiger partial charge in [-0.3, -0.25) is 4.98 Å². The summed E-state index contributed by atoms with van der Waals surface area (Å²) in [6.45, 7) is 1.75. The maximum atomic E-state index is 9.48. The molecule has 0 fully saturated rings. The van der Waals surface area contributed by atoms with E-state index in [9.17, 15) is 5.11 Å². The smallest absolute Gasteiger partial charge is 0.117 e. The molecule has 3 rings (SSSR count). The van der Waals surface area contributed by atoms with Crippen LogP contribution in [0.25, 0.3) is 16.9 Å². The number of nitrogens with zero attached hydrogens (tertiary/aromatic N) is 4. The number of rotatable bonds is 3. The van der Waals surface area contributed by atoms with Crippen molar-refractivity contribution in [1.29, 1.82) is 0 Å². The summed E-state index contributed by atoms with van der Waals surface area (Å²) >= 11 is 6.18. The lowest BCUT2D eigenvalue weighted by Gasteiger charge is -2.08. The first-order valence-electron chi connectivity index (χ1n) is 6.43. The van der Waals surface area contributed by atoms with Crippen LogP contribution in [-0.4, -0.2) is 25.1 Å². The van der Waals surface area contributed by atoms with Crippen molar-refractivity contribution in [3.05, 3.63) is 59.0 Å². The molecule has 1 aromatic carbocycles. The maximum absolute atomic E-state index is 9.48. The van der Waals surface area contributed by atoms with Gasteiger partial charge in [-0.2, -0.15) is 0 Å². The molecule has 0 spiro atoms. The topological polar surface area (TPSA) is 63.8 Å². The van der Waals surface area contributed by atoms with Crippen LogP contribution in [0.5, 0.6) is 0 Å². The summed E-state index contributed by atoms with van der Waals surface area (Å²) in [5.41, 5.74) is 3.83. The fourth-order valence-electron chi connectivity index (χ4n) is 2.11. The largest absolute Gasteiger partial charge is 0.390 e. The molecule has 3 aromatic rings. The molecule has 2 aromatic heterocycles. The first kappa shape index (κ1) is 13.7. The van der Waals surface area contributed by atoms with E-state index in [-0.39, 0.29) is 6.61 Å². The molecule has 1 N–H and O–H groups in total. The van der Waals surface area contributed by atoms with Gasteiger partial charge in [-0.1, -0.05) is 22.9 Å². The van der Waals surface area contributed by atoms with E-state index >= 15 is 0 Å². The van der Waals surface area contributed by atoms with Crippen molar-refractivity contribution >= 4 is 11.6 Å². The summed E-state index contributed by atoms with van der Waals surface area (Å²) in [5, 5.41) is 18.3. The molecule has 0 aliphatic rings. The van der Waals surface area contributed by atoms with Gasteiger partial charge in [0.2, 0.25) is 0 Å². The van der Waals surface area contributed by atoms with Crippen molar-refractivity contribution in [3.63, 3.8) is 0 Å². The summed E-state index contributed by atoms with van der Waals surface area (Å²) in [4.78, 5) is 4.11. The number of hydrogen-bond donors (Lipinski definition) is 1. The Balaban J connectivity index is 2.20. The molecule has 0 saturated carbocycles. The second kappa shape index (κ2) is 5.63. The number of hydrogen-bond acceptors (Lipinski definition) is 4. The normalized spacial score (nSPS) is 10.8. The Labute approximate surface area is 126 Å². The number of aromatic nitrogens is 4. The molecule has 2 heterocycles. The van der Waals surface area contributed by atoms with Crippen LogP contribution < -0.4 is 0 Å². The minimum absolute atomic E-state index is 0.191. The molecular formula is C15H13ClN4O. The highest BCUT2D eigenvalue weighted by Gasteiger charge is 2.16. The van der Waals surface area contributed by atoms with Gasteiger partial charge in [0.15, 0.2) is 0 Å². The molecule has 0 unspecified atom stereocenters. The minimum Gasteiger partial charge on any atom is -0.390 e. The van der Waals surface area contributed by atoms with E-state index in [2.05, 4.69) is 15.3 Å². The van der Waals surface area contributed by atoms with Gasteiger partial charge >= 0.3 is 0 Å². The highest BCUT2D eigenvalue weighted by molar-refractivity contribution is 6.31. The Morgan fingerprint density at radius 3 is 2.81 bits per heavy atom. The quantitative estimate of drug-likeness (QED) is 0.808. The first-order chi connectivity index (χ1) is 10.2. The van der Waals surface area contributed by atoms with Gasteiger partial charge in [-0.15, -0.1) is 5.10 Å². The van der Waals surface area contributed by atoms with Crippen molar-refractivity contribution in [2.75, 3.05) is 0 Å². The standard InChI is InChI=1S/C15H13ClN4O/c1-10-4-5-12(7-13(10)16)20-15(14(9-21)18-19-20)11-3-2-6-17-8-11/h2-8,21H,9H2,1H3. The van der Waals surface area contributed by atoms with Crippen molar-refractivity contribution in [3.8, 4) is 16.9 Å². The number of aliphatic hydroxyl groups is 1. The molecule has 0 saturated heterocycles. The van der Waals surface area contributed by atoms with Crippen molar-refractivity contribution in [1.82, 2.24) is 20.0 Å². The van der Waals surface area contributed by atoms with E-state index in [4.69, 9.17) is 11.6 Å². The van der Waals surface area contributed by atoms with Gasteiger partial charge in [0.05, 0.1) is 12.3 Å². The van der Waals surface area contributed by atoms with E-state index in [1.165, 1.54) is 0 Å². The SMILES string of the molecule is Cc1ccc(-n2nnc(CO)c2-c2cccnc2)cc1Cl. The molecule has 0 aliphatic heterocycles. The van der Waals surface area contributed by atoms with Crippen LogP contribution in [0.3, 0.4) is 0 Å². The number of aryl methyl sites for hydroxylation is 1. The first-order valence-corrected chi connectivity index (χ1v) is 6.81. The Morgan fingerprint density at radius 1 is 1.29 bits per heavy atom. The molecule has 0 atom stereocenters. The third kappa shape index (κ3) is 2.53. The summed E-state index contributed by atoms with van der Waals surface area (Å²) in [7, 11) is 0. The zero-order valence-corrected chi connectivity index (χ0v) is 12.1. The van der Waals surface area contributed by atoms with Gasteiger partial charge in [0, 0.05) is 23.0 Å². The van der Waals surface area contributed by atoms with Crippen LogP contribution in [-0.2, 0) is 6.61 Å². The molecule has 0 radical (unpaired) electrons. The summed E-state index contributed by atoms with van der Waals surface area (Å²) in [6, 6.07) is 9.39. The Hall–Kier alpha value is -2.24. The van der Waals surface area contributed by atoms with Crippen LogP contribution in [0.15, 0.2) is 42.7 Å². The molecular weight excluding hydrogens is 288 g/mol. The second-order valence-corrected chi connectivity index (χ2v) is 5.04. The average molecular weight is 301 g/mol. The fourth-order valence-corrected chi connectivity index (χ4v) is 2.28. The van der Waals surface area contributed by atoms with E-state index in [0.29, 0.717) is 16.4 Å². The van der Waals surface area contributed by atoms with Crippen molar-refractivity contribution < 1.29 is 5.11 Å². The summed E-state index contributed by atoms with van der Waals surface area (Å²) in [5.74, 6) is 0. The average Bonchev–Trinajstić information content (AvgIpc) is 2.95. The van der Waals surface area contributed by atoms with Crippen LogP contribution in [0.4, 0.5) is 0 Å². The second-order valence-electron chi connectivity index (χ2n) is 4.63. The lowest BCUT2D eigenvalue weighted by molar-refractivity contribution is 0.277. The zero-order chi connectivity index (χ0) is 14.8. The van der Waals surface area contributed by atoms with Gasteiger partial charge in [-0.25, -0.2) is 4.68 Å². The zero-order valence-electron chi connectivity index (χ0n) is 11.4. The van der Waals surface area contributed by atoms with Crippen LogP contribution in [0, 0.1) is 6.92 Å². The molecule has 6 heteroatoms. The molecule has 21 heavy (non-hydrogen) atoms. The Kier molecular flexibility index (Phi) is 3.68. The number of aliphatic hydroxyl groups excluding tert-OH is 1. The molecule has 106 valence electrons. The number of halogens is 1. The predicted octanol–water partition coefficient (Wildman–Crippen LogP) is 2.78. The van der Waals surface area contributed by atoms with Crippen molar-refractivity contribution in [2.24, 2.45) is 0 Å². The fraction of sp³-hybridized carbons (Fsp3) is 0.133. The highest BCUT2D eigenvalue weighted by Crippen LogP contribution is 2.26. The molecule has 0 bridgehead atoms. The third-order valence-corrected chi connectivity index (χ3v) is 3.63. The number of pyridine rings is 1. The maximum Gasteiger partial charge on any atom is 0.117 e. The van der Waals surface area contributed by atoms with E-state index in [1.54, 1.807) is 17.1 Å².